The number of anilines is 3. The van der Waals surface area contributed by atoms with E-state index in [0.29, 0.717) is 17.3 Å². The molecule has 2 aromatic carbocycles. The summed E-state index contributed by atoms with van der Waals surface area (Å²) in [6.45, 7) is 0. The Hall–Kier alpha value is -3.19. The number of nitrogens with two attached hydrogens (primary N) is 1. The third-order valence-electron chi connectivity index (χ3n) is 5.39. The van der Waals surface area contributed by atoms with Gasteiger partial charge in [-0.25, -0.2) is 4.98 Å². The Kier molecular flexibility index (Phi) is 5.57. The van der Waals surface area contributed by atoms with Gasteiger partial charge >= 0.3 is 0 Å². The first-order valence-corrected chi connectivity index (χ1v) is 10.0. The number of nitrogens with one attached hydrogen (secondary N) is 3. The van der Waals surface area contributed by atoms with Gasteiger partial charge in [0.1, 0.15) is 5.82 Å². The summed E-state index contributed by atoms with van der Waals surface area (Å²) in [5.74, 6) is 1.22. The van der Waals surface area contributed by atoms with Crippen molar-refractivity contribution in [1.29, 1.82) is 0 Å². The molecule has 2 atom stereocenters. The Morgan fingerprint density at radius 1 is 1.07 bits per heavy atom. The van der Waals surface area contributed by atoms with Gasteiger partial charge in [-0.15, -0.1) is 0 Å². The van der Waals surface area contributed by atoms with Crippen LogP contribution in [0.4, 0.5) is 17.5 Å². The fraction of sp³-hybridized carbons (Fsp3) is 0.318. The summed E-state index contributed by atoms with van der Waals surface area (Å²) in [7, 11) is 1.63. The Morgan fingerprint density at radius 3 is 2.69 bits per heavy atom. The second-order valence-electron chi connectivity index (χ2n) is 7.45. The maximum atomic E-state index is 11.8. The van der Waals surface area contributed by atoms with E-state index in [9.17, 15) is 4.79 Å². The molecule has 5 N–H and O–H groups in total. The van der Waals surface area contributed by atoms with Crippen LogP contribution >= 0.6 is 0 Å². The summed E-state index contributed by atoms with van der Waals surface area (Å²) in [4.78, 5) is 20.7. The summed E-state index contributed by atoms with van der Waals surface area (Å²) in [6.07, 6.45) is 6.19. The largest absolute Gasteiger partial charge is 0.355 e. The normalized spacial score (nSPS) is 19.0. The van der Waals surface area contributed by atoms with Crippen LogP contribution in [0.3, 0.4) is 0 Å². The van der Waals surface area contributed by atoms with Gasteiger partial charge in [0.25, 0.3) is 5.91 Å². The minimum absolute atomic E-state index is 0.0900. The molecule has 0 unspecified atom stereocenters. The maximum Gasteiger partial charge on any atom is 0.251 e. The van der Waals surface area contributed by atoms with Crippen molar-refractivity contribution < 1.29 is 4.79 Å². The van der Waals surface area contributed by atoms with E-state index in [1.165, 1.54) is 12.8 Å². The van der Waals surface area contributed by atoms with Gasteiger partial charge in [-0.2, -0.15) is 4.98 Å². The maximum absolute atomic E-state index is 11.8. The van der Waals surface area contributed by atoms with Crippen LogP contribution in [0.1, 0.15) is 36.0 Å². The van der Waals surface area contributed by atoms with Crippen LogP contribution in [0.2, 0.25) is 0 Å². The number of aromatic nitrogens is 2. The number of amides is 1. The lowest BCUT2D eigenvalue weighted by Crippen LogP contribution is -2.42. The Balaban J connectivity index is 1.50. The highest BCUT2D eigenvalue weighted by Gasteiger charge is 2.22. The summed E-state index contributed by atoms with van der Waals surface area (Å²) in [6, 6.07) is 13.9. The quantitative estimate of drug-likeness (QED) is 0.532. The molecule has 1 saturated carbocycles. The highest BCUT2D eigenvalue weighted by Crippen LogP contribution is 2.24. The van der Waals surface area contributed by atoms with Gasteiger partial charge in [-0.1, -0.05) is 25.0 Å². The van der Waals surface area contributed by atoms with Crippen LogP contribution in [-0.2, 0) is 0 Å². The predicted octanol–water partition coefficient (Wildman–Crippen LogP) is 3.41. The van der Waals surface area contributed by atoms with Gasteiger partial charge in [0, 0.05) is 36.6 Å². The van der Waals surface area contributed by atoms with Crippen LogP contribution in [0, 0.1) is 0 Å². The second-order valence-corrected chi connectivity index (χ2v) is 7.45. The molecule has 0 radical (unpaired) electrons. The number of fused-ring (bicyclic) bond motifs is 1. The van der Waals surface area contributed by atoms with Crippen LogP contribution in [0.15, 0.2) is 48.7 Å². The molecule has 0 aliphatic heterocycles. The topological polar surface area (TPSA) is 105 Å². The Morgan fingerprint density at radius 2 is 1.86 bits per heavy atom. The van der Waals surface area contributed by atoms with Crippen molar-refractivity contribution in [3.05, 3.63) is 54.2 Å². The van der Waals surface area contributed by atoms with Crippen LogP contribution in [0.25, 0.3) is 10.8 Å². The SMILES string of the molecule is CNC(=O)c1ccc2cc(Nc3ccnc(N[C@@H]4CCCC[C@@H]4N)n3)ccc2c1. The highest BCUT2D eigenvalue weighted by atomic mass is 16.1. The van der Waals surface area contributed by atoms with E-state index in [-0.39, 0.29) is 18.0 Å². The lowest BCUT2D eigenvalue weighted by atomic mass is 9.91. The monoisotopic (exact) mass is 390 g/mol. The molecule has 1 heterocycles. The van der Waals surface area contributed by atoms with Crippen molar-refractivity contribution in [3.8, 4) is 0 Å². The standard InChI is InChI=1S/C22H26N6O/c1-24-21(29)16-7-6-15-13-17(9-8-14(15)12-16)26-20-10-11-25-22(28-20)27-19-5-3-2-4-18(19)23/h6-13,18-19H,2-5,23H2,1H3,(H,24,29)(H2,25,26,27,28)/t18-,19+/m0/s1. The minimum Gasteiger partial charge on any atom is -0.355 e. The Bertz CT molecular complexity index is 1020. The highest BCUT2D eigenvalue weighted by molar-refractivity contribution is 5.99. The molecule has 7 heteroatoms. The van der Waals surface area contributed by atoms with Crippen LogP contribution in [-0.4, -0.2) is 35.0 Å². The lowest BCUT2D eigenvalue weighted by molar-refractivity contribution is 0.0963. The molecule has 29 heavy (non-hydrogen) atoms. The lowest BCUT2D eigenvalue weighted by Gasteiger charge is -2.29. The van der Waals surface area contributed by atoms with Crippen molar-refractivity contribution in [2.75, 3.05) is 17.7 Å². The average Bonchev–Trinajstić information content (AvgIpc) is 2.75. The number of nitrogens with zero attached hydrogens (tertiary/aromatic N) is 2. The molecule has 1 amide bonds. The third kappa shape index (κ3) is 4.46. The number of rotatable bonds is 5. The summed E-state index contributed by atoms with van der Waals surface area (Å²) in [5.41, 5.74) is 7.79. The molecular weight excluding hydrogens is 364 g/mol. The van der Waals surface area contributed by atoms with Gasteiger partial charge in [-0.05, 0) is 53.9 Å². The van der Waals surface area contributed by atoms with Crippen molar-refractivity contribution in [2.45, 2.75) is 37.8 Å². The van der Waals surface area contributed by atoms with E-state index in [1.54, 1.807) is 13.2 Å². The molecule has 1 aromatic heterocycles. The van der Waals surface area contributed by atoms with E-state index in [4.69, 9.17) is 5.73 Å². The molecule has 0 saturated heterocycles. The fourth-order valence-electron chi connectivity index (χ4n) is 3.76. The van der Waals surface area contributed by atoms with E-state index in [2.05, 4.69) is 25.9 Å². The minimum atomic E-state index is -0.0900. The summed E-state index contributed by atoms with van der Waals surface area (Å²) >= 11 is 0. The van der Waals surface area contributed by atoms with E-state index >= 15 is 0 Å². The molecule has 0 bridgehead atoms. The Labute approximate surface area is 170 Å². The first-order valence-electron chi connectivity index (χ1n) is 10.0. The first-order chi connectivity index (χ1) is 14.1. The zero-order chi connectivity index (χ0) is 20.2. The fourth-order valence-corrected chi connectivity index (χ4v) is 3.76. The van der Waals surface area contributed by atoms with E-state index < -0.39 is 0 Å². The van der Waals surface area contributed by atoms with E-state index in [1.807, 2.05) is 42.5 Å². The number of hydrogen-bond acceptors (Lipinski definition) is 6. The van der Waals surface area contributed by atoms with Gasteiger partial charge in [0.2, 0.25) is 5.95 Å². The van der Waals surface area contributed by atoms with E-state index in [0.717, 1.165) is 29.3 Å². The molecule has 1 aliphatic carbocycles. The number of benzene rings is 2. The number of carbonyl (C=O) groups excluding carboxylic acids is 1. The molecule has 0 spiro atoms. The zero-order valence-electron chi connectivity index (χ0n) is 16.5. The molecule has 150 valence electrons. The van der Waals surface area contributed by atoms with Crippen molar-refractivity contribution >= 4 is 34.1 Å². The van der Waals surface area contributed by atoms with Crippen LogP contribution < -0.4 is 21.7 Å². The first kappa shape index (κ1) is 19.1. The molecule has 4 rings (SSSR count). The van der Waals surface area contributed by atoms with Crippen LogP contribution in [0.5, 0.6) is 0 Å². The molecule has 1 fully saturated rings. The van der Waals surface area contributed by atoms with Gasteiger partial charge in [0.15, 0.2) is 0 Å². The molecule has 7 nitrogen and oxygen atoms in total. The average molecular weight is 390 g/mol. The number of carbonyl (C=O) groups is 1. The summed E-state index contributed by atoms with van der Waals surface area (Å²) < 4.78 is 0. The van der Waals surface area contributed by atoms with Gasteiger partial charge in [-0.3, -0.25) is 4.79 Å². The van der Waals surface area contributed by atoms with Crippen molar-refractivity contribution in [3.63, 3.8) is 0 Å². The van der Waals surface area contributed by atoms with Gasteiger partial charge < -0.3 is 21.7 Å². The third-order valence-corrected chi connectivity index (χ3v) is 5.39. The van der Waals surface area contributed by atoms with Crippen molar-refractivity contribution in [1.82, 2.24) is 15.3 Å². The molecular formula is C22H26N6O. The molecule has 1 aliphatic rings. The second kappa shape index (κ2) is 8.45. The zero-order valence-corrected chi connectivity index (χ0v) is 16.5. The number of hydrogen-bond donors (Lipinski definition) is 4. The van der Waals surface area contributed by atoms with Crippen molar-refractivity contribution in [2.24, 2.45) is 5.73 Å². The van der Waals surface area contributed by atoms with Gasteiger partial charge in [0.05, 0.1) is 0 Å². The summed E-state index contributed by atoms with van der Waals surface area (Å²) in [5, 5.41) is 11.4. The smallest absolute Gasteiger partial charge is 0.251 e. The molecule has 3 aromatic rings. The predicted molar refractivity (Wildman–Crippen MR) is 117 cm³/mol.